The van der Waals surface area contributed by atoms with Crippen molar-refractivity contribution in [2.75, 3.05) is 12.9 Å². The Morgan fingerprint density at radius 3 is 2.65 bits per heavy atom. The molecule has 2 N–H and O–H groups in total. The van der Waals surface area contributed by atoms with Gasteiger partial charge in [-0.15, -0.1) is 11.3 Å². The molecule has 0 spiro atoms. The quantitative estimate of drug-likeness (QED) is 0.658. The van der Waals surface area contributed by atoms with Crippen molar-refractivity contribution < 1.29 is 32.0 Å². The molecule has 0 saturated carbocycles. The predicted octanol–water partition coefficient (Wildman–Crippen LogP) is 1.83. The van der Waals surface area contributed by atoms with Crippen molar-refractivity contribution >= 4 is 37.3 Å². The SMILES string of the molecule is COc1cc2sc(C(=O)CS(=O)(=O)O)cc2c(F)c1O. The number of methoxy groups -OCH3 is 1. The van der Waals surface area contributed by atoms with Crippen LogP contribution in [-0.4, -0.2) is 36.7 Å². The van der Waals surface area contributed by atoms with Crippen LogP contribution >= 0.6 is 11.3 Å². The molecule has 1 aromatic carbocycles. The lowest BCUT2D eigenvalue weighted by Gasteiger charge is -2.04. The average molecular weight is 320 g/mol. The molecule has 0 unspecified atom stereocenters. The summed E-state index contributed by atoms with van der Waals surface area (Å²) in [4.78, 5) is 11.6. The number of hydrogen-bond donors (Lipinski definition) is 2. The van der Waals surface area contributed by atoms with E-state index in [-0.39, 0.29) is 16.0 Å². The number of ether oxygens (including phenoxy) is 1. The van der Waals surface area contributed by atoms with Gasteiger partial charge in [-0.2, -0.15) is 8.42 Å². The maximum absolute atomic E-state index is 13.9. The number of rotatable bonds is 4. The van der Waals surface area contributed by atoms with Crippen molar-refractivity contribution in [2.24, 2.45) is 0 Å². The van der Waals surface area contributed by atoms with E-state index in [0.29, 0.717) is 4.70 Å². The Kier molecular flexibility index (Phi) is 3.67. The number of benzene rings is 1. The Balaban J connectivity index is 2.54. The van der Waals surface area contributed by atoms with Gasteiger partial charge in [0, 0.05) is 16.2 Å². The Labute approximate surface area is 117 Å². The van der Waals surface area contributed by atoms with Crippen molar-refractivity contribution in [1.82, 2.24) is 0 Å². The van der Waals surface area contributed by atoms with E-state index in [0.717, 1.165) is 17.4 Å². The van der Waals surface area contributed by atoms with E-state index >= 15 is 0 Å². The van der Waals surface area contributed by atoms with Gasteiger partial charge in [0.05, 0.1) is 12.0 Å². The summed E-state index contributed by atoms with van der Waals surface area (Å²) in [7, 11) is -3.20. The summed E-state index contributed by atoms with van der Waals surface area (Å²) in [5.41, 5.74) is 0. The van der Waals surface area contributed by atoms with Crippen LogP contribution in [0.25, 0.3) is 10.1 Å². The summed E-state index contributed by atoms with van der Waals surface area (Å²) in [6.07, 6.45) is 0. The minimum absolute atomic E-state index is 0.0213. The molecule has 2 rings (SSSR count). The zero-order valence-corrected chi connectivity index (χ0v) is 11.7. The summed E-state index contributed by atoms with van der Waals surface area (Å²) in [5.74, 6) is -3.67. The van der Waals surface area contributed by atoms with Crippen LogP contribution in [0.4, 0.5) is 4.39 Å². The fraction of sp³-hybridized carbons (Fsp3) is 0.182. The third-order valence-corrected chi connectivity index (χ3v) is 4.26. The normalized spacial score (nSPS) is 11.8. The van der Waals surface area contributed by atoms with Gasteiger partial charge >= 0.3 is 0 Å². The monoisotopic (exact) mass is 320 g/mol. The van der Waals surface area contributed by atoms with Gasteiger partial charge in [0.2, 0.25) is 0 Å². The highest BCUT2D eigenvalue weighted by atomic mass is 32.2. The fourth-order valence-electron chi connectivity index (χ4n) is 1.64. The van der Waals surface area contributed by atoms with Crippen molar-refractivity contribution in [1.29, 1.82) is 0 Å². The summed E-state index contributed by atoms with van der Waals surface area (Å²) in [6.45, 7) is 0. The zero-order chi connectivity index (χ0) is 15.1. The lowest BCUT2D eigenvalue weighted by atomic mass is 10.2. The van der Waals surface area contributed by atoms with Crippen molar-refractivity contribution in [3.05, 3.63) is 22.8 Å². The Morgan fingerprint density at radius 2 is 2.10 bits per heavy atom. The van der Waals surface area contributed by atoms with E-state index < -0.39 is 33.2 Å². The second kappa shape index (κ2) is 5.00. The summed E-state index contributed by atoms with van der Waals surface area (Å²) >= 11 is 0.842. The lowest BCUT2D eigenvalue weighted by Crippen LogP contribution is -2.13. The van der Waals surface area contributed by atoms with Crippen molar-refractivity contribution in [2.45, 2.75) is 0 Å². The molecule has 0 fully saturated rings. The molecule has 0 atom stereocenters. The molecule has 6 nitrogen and oxygen atoms in total. The average Bonchev–Trinajstić information content (AvgIpc) is 2.75. The van der Waals surface area contributed by atoms with Gasteiger partial charge in [0.15, 0.2) is 23.1 Å². The zero-order valence-electron chi connectivity index (χ0n) is 10.1. The van der Waals surface area contributed by atoms with E-state index in [4.69, 9.17) is 9.29 Å². The number of carbonyl (C=O) groups excluding carboxylic acids is 1. The maximum atomic E-state index is 13.9. The first kappa shape index (κ1) is 14.7. The van der Waals surface area contributed by atoms with Crippen LogP contribution in [0.1, 0.15) is 9.67 Å². The molecular weight excluding hydrogens is 311 g/mol. The number of Topliss-reactive ketones (excluding diaryl/α,β-unsaturated/α-hetero) is 1. The van der Waals surface area contributed by atoms with Gasteiger partial charge < -0.3 is 9.84 Å². The Hall–Kier alpha value is -1.71. The number of ketones is 1. The van der Waals surface area contributed by atoms with Gasteiger partial charge in [-0.1, -0.05) is 0 Å². The van der Waals surface area contributed by atoms with Crippen LogP contribution in [0.5, 0.6) is 11.5 Å². The number of phenolic OH excluding ortho intramolecular Hbond substituents is 1. The molecule has 0 aliphatic carbocycles. The number of carbonyl (C=O) groups is 1. The highest BCUT2D eigenvalue weighted by Crippen LogP contribution is 2.39. The highest BCUT2D eigenvalue weighted by Gasteiger charge is 2.21. The Bertz CT molecular complexity index is 793. The topological polar surface area (TPSA) is 101 Å². The van der Waals surface area contributed by atoms with Gasteiger partial charge in [-0.3, -0.25) is 9.35 Å². The van der Waals surface area contributed by atoms with Crippen molar-refractivity contribution in [3.63, 3.8) is 0 Å². The van der Waals surface area contributed by atoms with E-state index in [2.05, 4.69) is 0 Å². The van der Waals surface area contributed by atoms with Crippen LogP contribution in [0.15, 0.2) is 12.1 Å². The second-order valence-electron chi connectivity index (χ2n) is 3.91. The Morgan fingerprint density at radius 1 is 1.45 bits per heavy atom. The molecule has 1 aromatic heterocycles. The third-order valence-electron chi connectivity index (χ3n) is 2.51. The van der Waals surface area contributed by atoms with Gasteiger partial charge in [0.1, 0.15) is 5.75 Å². The molecule has 0 bridgehead atoms. The summed E-state index contributed by atoms with van der Waals surface area (Å²) in [5, 5.41) is 9.49. The maximum Gasteiger partial charge on any atom is 0.272 e. The smallest absolute Gasteiger partial charge is 0.272 e. The van der Waals surface area contributed by atoms with Gasteiger partial charge in [-0.05, 0) is 6.07 Å². The molecule has 0 aliphatic rings. The predicted molar refractivity (Wildman–Crippen MR) is 70.7 cm³/mol. The number of halogens is 1. The number of fused-ring (bicyclic) bond motifs is 1. The van der Waals surface area contributed by atoms with E-state index in [9.17, 15) is 22.7 Å². The van der Waals surface area contributed by atoms with Crippen LogP contribution in [0.3, 0.4) is 0 Å². The highest BCUT2D eigenvalue weighted by molar-refractivity contribution is 7.86. The van der Waals surface area contributed by atoms with Crippen LogP contribution in [-0.2, 0) is 10.1 Å². The van der Waals surface area contributed by atoms with Gasteiger partial charge in [0.25, 0.3) is 10.1 Å². The minimum atomic E-state index is -4.45. The third kappa shape index (κ3) is 2.74. The summed E-state index contributed by atoms with van der Waals surface area (Å²) < 4.78 is 48.9. The largest absolute Gasteiger partial charge is 0.502 e. The molecule has 0 amide bonds. The summed E-state index contributed by atoms with van der Waals surface area (Å²) in [6, 6.07) is 2.46. The molecular formula is C11H9FO6S2. The number of thiophene rings is 1. The second-order valence-corrected chi connectivity index (χ2v) is 6.45. The molecule has 0 aliphatic heterocycles. The van der Waals surface area contributed by atoms with Gasteiger partial charge in [-0.25, -0.2) is 4.39 Å². The molecule has 0 saturated heterocycles. The first-order valence-electron chi connectivity index (χ1n) is 5.20. The fourth-order valence-corrected chi connectivity index (χ4v) is 3.24. The van der Waals surface area contributed by atoms with Crippen LogP contribution in [0.2, 0.25) is 0 Å². The van der Waals surface area contributed by atoms with E-state index in [1.807, 2.05) is 0 Å². The molecule has 9 heteroatoms. The number of hydrogen-bond acceptors (Lipinski definition) is 6. The molecule has 0 radical (unpaired) electrons. The van der Waals surface area contributed by atoms with Crippen molar-refractivity contribution in [3.8, 4) is 11.5 Å². The number of aromatic hydroxyl groups is 1. The van der Waals surface area contributed by atoms with Crippen LogP contribution < -0.4 is 4.74 Å². The van der Waals surface area contributed by atoms with E-state index in [1.165, 1.54) is 13.2 Å². The first-order chi connectivity index (χ1) is 9.23. The van der Waals surface area contributed by atoms with Crippen LogP contribution in [0, 0.1) is 5.82 Å². The molecule has 20 heavy (non-hydrogen) atoms. The van der Waals surface area contributed by atoms with E-state index in [1.54, 1.807) is 0 Å². The standard InChI is InChI=1S/C11H9FO6S2/c1-18-7-3-8-5(10(12)11(7)14)2-9(19-8)6(13)4-20(15,16)17/h2-3,14H,4H2,1H3,(H,15,16,17). The molecule has 1 heterocycles. The number of phenols is 1. The lowest BCUT2D eigenvalue weighted by molar-refractivity contribution is 0.102. The minimum Gasteiger partial charge on any atom is -0.502 e. The molecule has 108 valence electrons. The first-order valence-corrected chi connectivity index (χ1v) is 7.63. The molecule has 2 aromatic rings.